The van der Waals surface area contributed by atoms with E-state index in [-0.39, 0.29) is 91.9 Å². The van der Waals surface area contributed by atoms with Gasteiger partial charge in [0.2, 0.25) is 0 Å². The van der Waals surface area contributed by atoms with E-state index in [2.05, 4.69) is 4.94 Å². The minimum Gasteiger partial charge on any atom is 0.316 e. The third-order valence-electron chi connectivity index (χ3n) is 0.133. The van der Waals surface area contributed by atoms with E-state index < -0.39 is 10.2 Å². The van der Waals surface area contributed by atoms with Crippen LogP contribution in [0.4, 0.5) is 0 Å². The van der Waals surface area contributed by atoms with Crippen LogP contribution in [0.25, 0.3) is 0 Å². The Hall–Kier alpha value is 1.42. The van der Waals surface area contributed by atoms with Gasteiger partial charge in [0.1, 0.15) is 0 Å². The Morgan fingerprint density at radius 3 is 1.33 bits per heavy atom. The summed E-state index contributed by atoms with van der Waals surface area (Å²) in [5, 5.41) is 14.9. The van der Waals surface area contributed by atoms with Crippen LogP contribution in [0, 0.1) is 20.2 Å². The van der Waals surface area contributed by atoms with Crippen LogP contribution in [-0.4, -0.2) is 102 Å². The predicted molar refractivity (Wildman–Crippen MR) is 30.8 cm³/mol. The predicted octanol–water partition coefficient (Wildman–Crippen LogP) is -2.18. The third-order valence-corrected chi connectivity index (χ3v) is 0.133. The molecule has 0 saturated carbocycles. The molecule has 0 aromatic carbocycles. The fourth-order valence-electron chi connectivity index (χ4n) is 0.0544. The SMILES string of the molecule is O=[N+]([O-])O[N+](=O)[O-].[CsH].[MgH2]. The van der Waals surface area contributed by atoms with Gasteiger partial charge in [0.25, 0.3) is 0 Å². The summed E-state index contributed by atoms with van der Waals surface area (Å²) < 4.78 is 0. The van der Waals surface area contributed by atoms with Crippen molar-refractivity contribution in [3.05, 3.63) is 20.2 Å². The second kappa shape index (κ2) is 9.42. The fraction of sp³-hybridized carbons (Fsp3) is 0. The molecular weight excluding hydrogens is 265 g/mol. The molecule has 0 atom stereocenters. The molecule has 0 fully saturated rings. The average molecular weight is 268 g/mol. The quantitative estimate of drug-likeness (QED) is 0.322. The van der Waals surface area contributed by atoms with Crippen molar-refractivity contribution in [3.8, 4) is 0 Å². The van der Waals surface area contributed by atoms with Crippen LogP contribution in [0.5, 0.6) is 0 Å². The molecule has 0 rings (SSSR count). The molecule has 46 valence electrons. The summed E-state index contributed by atoms with van der Waals surface area (Å²) in [6.07, 6.45) is 0. The zero-order chi connectivity index (χ0) is 5.86. The van der Waals surface area contributed by atoms with Gasteiger partial charge in [0, 0.05) is 4.94 Å². The molecule has 7 nitrogen and oxygen atoms in total. The van der Waals surface area contributed by atoms with Crippen LogP contribution >= 0.6 is 0 Å². The molecule has 0 radical (unpaired) electrons. The van der Waals surface area contributed by atoms with Gasteiger partial charge in [-0.3, -0.25) is 0 Å². The number of rotatable bonds is 2. The summed E-state index contributed by atoms with van der Waals surface area (Å²) in [7, 11) is 0. The van der Waals surface area contributed by atoms with Crippen molar-refractivity contribution in [2.45, 2.75) is 0 Å². The van der Waals surface area contributed by atoms with Crippen LogP contribution in [0.2, 0.25) is 0 Å². The summed E-state index contributed by atoms with van der Waals surface area (Å²) in [5.74, 6) is 0. The molecule has 0 N–H and O–H groups in total. The maximum atomic E-state index is 8.95. The molecule has 0 aliphatic carbocycles. The zero-order valence-electron chi connectivity index (χ0n) is 2.94. The van der Waals surface area contributed by atoms with Gasteiger partial charge in [0.15, 0.2) is 0 Å². The van der Waals surface area contributed by atoms with Crippen molar-refractivity contribution >= 4 is 91.9 Å². The van der Waals surface area contributed by atoms with E-state index in [1.54, 1.807) is 0 Å². The molecule has 0 aliphatic rings. The van der Waals surface area contributed by atoms with Crippen molar-refractivity contribution in [3.63, 3.8) is 0 Å². The van der Waals surface area contributed by atoms with Crippen LogP contribution in [0.3, 0.4) is 0 Å². The molecule has 0 bridgehead atoms. The monoisotopic (exact) mass is 268 g/mol. The van der Waals surface area contributed by atoms with Crippen LogP contribution in [0.1, 0.15) is 0 Å². The van der Waals surface area contributed by atoms with E-state index in [1.807, 2.05) is 0 Å². The molecule has 0 amide bonds. The number of hydrogen-bond donors (Lipinski definition) is 0. The Balaban J connectivity index is -0.000000180. The largest absolute Gasteiger partial charge is 0.316 e. The van der Waals surface area contributed by atoms with Crippen molar-refractivity contribution in [2.24, 2.45) is 0 Å². The molecule has 0 saturated heterocycles. The standard InChI is InChI=1S/Cs.Mg.N2O5.3H/c;;3-1(4)7-2(5)6;;;. The van der Waals surface area contributed by atoms with Gasteiger partial charge in [-0.05, 0) is 0 Å². The topological polar surface area (TPSA) is 95.5 Å². The average Bonchev–Trinajstić information content (AvgIpc) is 1.27. The minimum absolute atomic E-state index is 0. The molecule has 0 aromatic heterocycles. The van der Waals surface area contributed by atoms with Gasteiger partial charge in [-0.15, -0.1) is 20.2 Å². The van der Waals surface area contributed by atoms with Gasteiger partial charge in [-0.1, -0.05) is 0 Å². The summed E-state index contributed by atoms with van der Waals surface area (Å²) in [4.78, 5) is 20.6. The van der Waals surface area contributed by atoms with E-state index in [9.17, 15) is 0 Å². The van der Waals surface area contributed by atoms with Gasteiger partial charge in [-0.2, -0.15) is 0 Å². The Kier molecular flexibility index (Phi) is 17.6. The molecule has 9 heavy (non-hydrogen) atoms. The van der Waals surface area contributed by atoms with E-state index in [4.69, 9.17) is 20.2 Å². The first kappa shape index (κ1) is 16.8. The molecule has 0 spiro atoms. The summed E-state index contributed by atoms with van der Waals surface area (Å²) in [5.41, 5.74) is 0. The smallest absolute Gasteiger partial charge is 0.316 e. The second-order valence-corrected chi connectivity index (χ2v) is 0.529. The van der Waals surface area contributed by atoms with Gasteiger partial charge in [0.05, 0.1) is 0 Å². The van der Waals surface area contributed by atoms with Crippen molar-refractivity contribution in [2.75, 3.05) is 0 Å². The first-order chi connectivity index (χ1) is 3.13. The van der Waals surface area contributed by atoms with E-state index in [1.165, 1.54) is 0 Å². The molecule has 9 heteroatoms. The summed E-state index contributed by atoms with van der Waals surface area (Å²) in [6.45, 7) is 0. The van der Waals surface area contributed by atoms with E-state index >= 15 is 0 Å². The normalized spacial score (nSPS) is 5.78. The third kappa shape index (κ3) is 17.7. The maximum absolute atomic E-state index is 8.95. The minimum atomic E-state index is -1.50. The Morgan fingerprint density at radius 1 is 1.11 bits per heavy atom. The van der Waals surface area contributed by atoms with E-state index in [0.29, 0.717) is 0 Å². The second-order valence-electron chi connectivity index (χ2n) is 0.529. The van der Waals surface area contributed by atoms with Gasteiger partial charge in [-0.25, -0.2) is 0 Å². The van der Waals surface area contributed by atoms with Crippen molar-refractivity contribution in [1.29, 1.82) is 0 Å². The zero-order valence-corrected chi connectivity index (χ0v) is 2.94. The number of nitrogens with zero attached hydrogens (tertiary/aromatic N) is 2. The molecule has 0 aliphatic heterocycles. The summed E-state index contributed by atoms with van der Waals surface area (Å²) >= 11 is 0. The van der Waals surface area contributed by atoms with Crippen LogP contribution in [-0.2, 0) is 4.94 Å². The molecular formula is H3CsMgN2O5. The number of hydrogen-bond acceptors (Lipinski definition) is 5. The summed E-state index contributed by atoms with van der Waals surface area (Å²) in [6, 6.07) is 0. The van der Waals surface area contributed by atoms with Crippen molar-refractivity contribution in [1.82, 2.24) is 0 Å². The Bertz CT molecular complexity index is 91.1. The Labute approximate surface area is 124 Å². The van der Waals surface area contributed by atoms with Crippen LogP contribution < -0.4 is 0 Å². The van der Waals surface area contributed by atoms with Gasteiger partial charge >= 0.3 is 102 Å². The van der Waals surface area contributed by atoms with Crippen molar-refractivity contribution < 1.29 is 15.1 Å². The Morgan fingerprint density at radius 2 is 1.33 bits per heavy atom. The molecule has 0 unspecified atom stereocenters. The molecule has 0 heterocycles. The molecule has 0 aromatic rings. The first-order valence-corrected chi connectivity index (χ1v) is 1.10. The fourth-order valence-corrected chi connectivity index (χ4v) is 0.0544. The maximum Gasteiger partial charge on any atom is 0.316 e. The van der Waals surface area contributed by atoms with Crippen LogP contribution in [0.15, 0.2) is 0 Å². The van der Waals surface area contributed by atoms with E-state index in [0.717, 1.165) is 0 Å². The van der Waals surface area contributed by atoms with Gasteiger partial charge < -0.3 is 0 Å². The first-order valence-electron chi connectivity index (χ1n) is 1.10.